The molecule has 3 heterocycles. The molecule has 260 valence electrons. The number of hydrazone groups is 1. The normalized spacial score (nSPS) is 16.8. The minimum atomic E-state index is -1.00. The number of likely N-dealkylation sites (N-methyl/N-ethyl adjacent to an activating group) is 2. The maximum atomic E-state index is 13.1. The molecule has 9 nitrogen and oxygen atoms in total. The molecule has 0 fully saturated rings. The zero-order valence-electron chi connectivity index (χ0n) is 29.3. The maximum absolute atomic E-state index is 13.1. The number of hydrogen-bond donors (Lipinski definition) is 1. The Morgan fingerprint density at radius 3 is 2.43 bits per heavy atom. The van der Waals surface area contributed by atoms with E-state index in [4.69, 9.17) is 33.0 Å². The number of hydrogen-bond acceptors (Lipinski definition) is 7. The third kappa shape index (κ3) is 7.49. The van der Waals surface area contributed by atoms with Crippen LogP contribution in [-0.4, -0.2) is 75.3 Å². The minimum Gasteiger partial charge on any atom is -0.494 e. The Morgan fingerprint density at radius 2 is 1.86 bits per heavy atom. The zero-order valence-corrected chi connectivity index (χ0v) is 30.8. The van der Waals surface area contributed by atoms with Gasteiger partial charge in [-0.15, -0.1) is 0 Å². The van der Waals surface area contributed by atoms with E-state index in [0.717, 1.165) is 68.0 Å². The second-order valence-electron chi connectivity index (χ2n) is 13.1. The summed E-state index contributed by atoms with van der Waals surface area (Å²) in [5.41, 5.74) is 7.41. The number of aryl methyl sites for hydroxylation is 3. The Balaban J connectivity index is 1.52. The summed E-state index contributed by atoms with van der Waals surface area (Å²) < 4.78 is 8.31. The second-order valence-corrected chi connectivity index (χ2v) is 13.9. The van der Waals surface area contributed by atoms with Gasteiger partial charge in [0.1, 0.15) is 5.75 Å². The molecular weight excluding hydrogens is 661 g/mol. The third-order valence-corrected chi connectivity index (χ3v) is 10.8. The molecule has 11 heteroatoms. The van der Waals surface area contributed by atoms with Crippen molar-refractivity contribution in [2.24, 2.45) is 5.10 Å². The Labute approximate surface area is 298 Å². The van der Waals surface area contributed by atoms with Crippen molar-refractivity contribution >= 4 is 52.1 Å². The van der Waals surface area contributed by atoms with E-state index in [9.17, 15) is 14.7 Å². The standard InChI is InChI=1S/C38H45Cl2N5O4/c1-8-28(43(6)19-27-12-11-26(18-41-27)38(47)48)20-45-33(21-46)30(10-9-15-49-29-16-22(2)36(40)23(3)17-29)31-13-14-32(39)35(37(31)45)34-24(4)42-44(7)25(34)5/h11-14,16-18,21,25,28,34H,8-10,15,19-20H2,1-7H3,(H,47,48). The number of benzene rings is 2. The van der Waals surface area contributed by atoms with Gasteiger partial charge in [-0.05, 0) is 101 Å². The molecule has 0 radical (unpaired) electrons. The van der Waals surface area contributed by atoms with E-state index in [1.54, 1.807) is 12.1 Å². The van der Waals surface area contributed by atoms with Crippen LogP contribution in [0.1, 0.15) is 88.3 Å². The van der Waals surface area contributed by atoms with Gasteiger partial charge in [-0.1, -0.05) is 36.2 Å². The van der Waals surface area contributed by atoms with Crippen LogP contribution in [-0.2, 0) is 19.5 Å². The number of carbonyl (C=O) groups is 2. The number of carbonyl (C=O) groups excluding carboxylic acids is 1. The summed E-state index contributed by atoms with van der Waals surface area (Å²) in [5, 5.41) is 18.4. The van der Waals surface area contributed by atoms with E-state index in [-0.39, 0.29) is 23.6 Å². The van der Waals surface area contributed by atoms with Gasteiger partial charge < -0.3 is 14.4 Å². The number of aromatic nitrogens is 2. The first-order valence-corrected chi connectivity index (χ1v) is 17.5. The van der Waals surface area contributed by atoms with E-state index >= 15 is 0 Å². The number of nitrogens with zero attached hydrogens (tertiary/aromatic N) is 5. The van der Waals surface area contributed by atoms with Gasteiger partial charge in [-0.3, -0.25) is 19.7 Å². The fourth-order valence-electron chi connectivity index (χ4n) is 7.09. The lowest BCUT2D eigenvalue weighted by atomic mass is 9.87. The molecule has 0 spiro atoms. The number of fused-ring (bicyclic) bond motifs is 1. The predicted octanol–water partition coefficient (Wildman–Crippen LogP) is 8.19. The van der Waals surface area contributed by atoms with Crippen molar-refractivity contribution in [3.8, 4) is 5.75 Å². The highest BCUT2D eigenvalue weighted by Gasteiger charge is 2.36. The fourth-order valence-corrected chi connectivity index (χ4v) is 7.47. The average molecular weight is 707 g/mol. The number of carboxylic acids is 1. The third-order valence-electron chi connectivity index (χ3n) is 9.84. The monoisotopic (exact) mass is 705 g/mol. The number of halogens is 2. The summed E-state index contributed by atoms with van der Waals surface area (Å²) in [5.74, 6) is -0.270. The average Bonchev–Trinajstić information content (AvgIpc) is 3.50. The van der Waals surface area contributed by atoms with Crippen LogP contribution in [0.5, 0.6) is 5.75 Å². The van der Waals surface area contributed by atoms with Gasteiger partial charge in [-0.2, -0.15) is 5.10 Å². The summed E-state index contributed by atoms with van der Waals surface area (Å²) >= 11 is 13.4. The maximum Gasteiger partial charge on any atom is 0.337 e. The molecule has 3 atom stereocenters. The number of rotatable bonds is 14. The number of ether oxygens (including phenoxy) is 1. The van der Waals surface area contributed by atoms with Crippen LogP contribution in [0.4, 0.5) is 0 Å². The highest BCUT2D eigenvalue weighted by molar-refractivity contribution is 6.33. The first-order chi connectivity index (χ1) is 23.4. The molecule has 3 unspecified atom stereocenters. The zero-order chi connectivity index (χ0) is 35.6. The molecule has 49 heavy (non-hydrogen) atoms. The fraction of sp³-hybridized carbons (Fsp3) is 0.421. The minimum absolute atomic E-state index is 0.0353. The Kier molecular flexibility index (Phi) is 11.4. The lowest BCUT2D eigenvalue weighted by Crippen LogP contribution is -2.35. The van der Waals surface area contributed by atoms with E-state index in [1.807, 2.05) is 64.1 Å². The number of aromatic carboxylic acids is 1. The van der Waals surface area contributed by atoms with Crippen LogP contribution >= 0.6 is 23.2 Å². The van der Waals surface area contributed by atoms with Crippen LogP contribution in [0.3, 0.4) is 0 Å². The van der Waals surface area contributed by atoms with Crippen molar-refractivity contribution in [1.82, 2.24) is 19.5 Å². The molecule has 0 aliphatic carbocycles. The highest BCUT2D eigenvalue weighted by atomic mass is 35.5. The van der Waals surface area contributed by atoms with E-state index < -0.39 is 5.97 Å². The smallest absolute Gasteiger partial charge is 0.337 e. The van der Waals surface area contributed by atoms with Gasteiger partial charge in [-0.25, -0.2) is 4.79 Å². The Bertz CT molecular complexity index is 1860. The summed E-state index contributed by atoms with van der Waals surface area (Å²) in [6.07, 6.45) is 4.52. The van der Waals surface area contributed by atoms with Gasteiger partial charge in [0.15, 0.2) is 6.29 Å². The molecule has 0 saturated carbocycles. The summed E-state index contributed by atoms with van der Waals surface area (Å²) in [6.45, 7) is 11.8. The predicted molar refractivity (Wildman–Crippen MR) is 197 cm³/mol. The van der Waals surface area contributed by atoms with E-state index in [1.165, 1.54) is 6.20 Å². The Morgan fingerprint density at radius 1 is 1.14 bits per heavy atom. The van der Waals surface area contributed by atoms with Crippen LogP contribution in [0.2, 0.25) is 10.0 Å². The highest BCUT2D eigenvalue weighted by Crippen LogP contribution is 2.42. The van der Waals surface area contributed by atoms with Crippen molar-refractivity contribution in [3.63, 3.8) is 0 Å². The lowest BCUT2D eigenvalue weighted by Gasteiger charge is -2.29. The summed E-state index contributed by atoms with van der Waals surface area (Å²) in [6, 6.07) is 11.3. The van der Waals surface area contributed by atoms with Crippen LogP contribution in [0.15, 0.2) is 47.7 Å². The molecule has 0 bridgehead atoms. The molecule has 5 rings (SSSR count). The van der Waals surface area contributed by atoms with Gasteiger partial charge in [0.25, 0.3) is 0 Å². The number of pyridine rings is 1. The lowest BCUT2D eigenvalue weighted by molar-refractivity contribution is 0.0696. The van der Waals surface area contributed by atoms with Gasteiger partial charge in [0, 0.05) is 65.0 Å². The summed E-state index contributed by atoms with van der Waals surface area (Å²) in [4.78, 5) is 31.0. The Hall–Kier alpha value is -3.92. The van der Waals surface area contributed by atoms with Gasteiger partial charge in [0.05, 0.1) is 35.1 Å². The van der Waals surface area contributed by atoms with Crippen molar-refractivity contribution in [2.75, 3.05) is 20.7 Å². The number of aldehydes is 1. The van der Waals surface area contributed by atoms with Crippen molar-refractivity contribution in [1.29, 1.82) is 0 Å². The van der Waals surface area contributed by atoms with Crippen LogP contribution in [0, 0.1) is 13.8 Å². The van der Waals surface area contributed by atoms with Gasteiger partial charge in [0.2, 0.25) is 0 Å². The first kappa shape index (κ1) is 36.4. The molecule has 2 aromatic heterocycles. The molecule has 1 aliphatic heterocycles. The first-order valence-electron chi connectivity index (χ1n) is 16.7. The van der Waals surface area contributed by atoms with Crippen molar-refractivity contribution in [3.05, 3.63) is 91.8 Å². The second kappa shape index (κ2) is 15.3. The summed E-state index contributed by atoms with van der Waals surface area (Å²) in [7, 11) is 4.01. The number of carboxylic acid groups (broad SMARTS) is 1. The van der Waals surface area contributed by atoms with E-state index in [2.05, 4.69) is 28.3 Å². The van der Waals surface area contributed by atoms with Crippen LogP contribution in [0.25, 0.3) is 10.9 Å². The molecular formula is C38H45Cl2N5O4. The SMILES string of the molecule is CCC(Cn1c(C=O)c(CCCOc2cc(C)c(Cl)c(C)c2)c2ccc(Cl)c(C3C(C)=NN(C)C3C)c21)N(C)Cc1ccc(C(=O)O)cn1. The largest absolute Gasteiger partial charge is 0.494 e. The topological polar surface area (TPSA) is 100 Å². The molecule has 0 amide bonds. The molecule has 0 saturated heterocycles. The molecule has 1 aliphatic rings. The van der Waals surface area contributed by atoms with Crippen molar-refractivity contribution in [2.45, 2.75) is 85.0 Å². The molecule has 4 aromatic rings. The molecule has 1 N–H and O–H groups in total. The quantitative estimate of drug-likeness (QED) is 0.104. The van der Waals surface area contributed by atoms with Crippen molar-refractivity contribution < 1.29 is 19.4 Å². The van der Waals surface area contributed by atoms with Crippen LogP contribution < -0.4 is 4.74 Å². The molecule has 2 aromatic carbocycles. The van der Waals surface area contributed by atoms with E-state index in [0.29, 0.717) is 43.3 Å². The van der Waals surface area contributed by atoms with Gasteiger partial charge >= 0.3 is 5.97 Å².